The van der Waals surface area contributed by atoms with Crippen molar-refractivity contribution < 1.29 is 14.3 Å². The zero-order valence-electron chi connectivity index (χ0n) is 13.4. The van der Waals surface area contributed by atoms with Gasteiger partial charge in [-0.1, -0.05) is 12.1 Å². The molecule has 1 aromatic carbocycles. The Kier molecular flexibility index (Phi) is 6.13. The number of carbonyl (C=O) groups excluding carboxylic acids is 1. The van der Waals surface area contributed by atoms with Gasteiger partial charge in [-0.25, -0.2) is 0 Å². The largest absolute Gasteiger partial charge is 0.493 e. The third kappa shape index (κ3) is 3.90. The molecule has 5 nitrogen and oxygen atoms in total. The number of nitrogens with zero attached hydrogens (tertiary/aromatic N) is 1. The molecule has 3 unspecified atom stereocenters. The van der Waals surface area contributed by atoms with Crippen molar-refractivity contribution in [3.05, 3.63) is 24.3 Å². The van der Waals surface area contributed by atoms with Crippen LogP contribution in [0.2, 0.25) is 0 Å². The first kappa shape index (κ1) is 17.9. The number of ether oxygens (including phenoxy) is 2. The van der Waals surface area contributed by atoms with Crippen LogP contribution in [0.25, 0.3) is 0 Å². The van der Waals surface area contributed by atoms with E-state index in [-0.39, 0.29) is 24.4 Å². The number of methoxy groups -OCH3 is 1. The number of halogens is 1. The second-order valence-electron chi connectivity index (χ2n) is 6.21. The van der Waals surface area contributed by atoms with E-state index in [2.05, 4.69) is 0 Å². The minimum Gasteiger partial charge on any atom is -0.493 e. The molecular formula is C17H25ClN2O3. The fourth-order valence-corrected chi connectivity index (χ4v) is 3.66. The van der Waals surface area contributed by atoms with Gasteiger partial charge in [-0.05, 0) is 36.8 Å². The molecule has 1 saturated carbocycles. The highest BCUT2D eigenvalue weighted by molar-refractivity contribution is 5.85. The summed E-state index contributed by atoms with van der Waals surface area (Å²) in [6.45, 7) is 2.06. The highest BCUT2D eigenvalue weighted by Crippen LogP contribution is 2.37. The molecule has 2 fully saturated rings. The van der Waals surface area contributed by atoms with E-state index in [0.29, 0.717) is 36.4 Å². The number of likely N-dealkylation sites (tertiary alicyclic amines) is 1. The Labute approximate surface area is 143 Å². The maximum atomic E-state index is 12.3. The summed E-state index contributed by atoms with van der Waals surface area (Å²) < 4.78 is 10.9. The van der Waals surface area contributed by atoms with Gasteiger partial charge in [-0.15, -0.1) is 12.4 Å². The SMILES string of the molecule is COc1ccccc1OCCC(=O)N1CC2CCC(N)C2C1.Cl. The fraction of sp³-hybridized carbons (Fsp3) is 0.588. The highest BCUT2D eigenvalue weighted by atomic mass is 35.5. The molecule has 0 aromatic heterocycles. The molecule has 3 rings (SSSR count). The summed E-state index contributed by atoms with van der Waals surface area (Å²) in [7, 11) is 1.61. The maximum Gasteiger partial charge on any atom is 0.226 e. The van der Waals surface area contributed by atoms with Crippen molar-refractivity contribution >= 4 is 18.3 Å². The number of hydrogen-bond donors (Lipinski definition) is 1. The van der Waals surface area contributed by atoms with Gasteiger partial charge in [-0.3, -0.25) is 4.79 Å². The molecule has 1 saturated heterocycles. The minimum absolute atomic E-state index is 0. The van der Waals surface area contributed by atoms with Gasteiger partial charge in [-0.2, -0.15) is 0 Å². The Morgan fingerprint density at radius 3 is 2.70 bits per heavy atom. The monoisotopic (exact) mass is 340 g/mol. The number of amides is 1. The smallest absolute Gasteiger partial charge is 0.226 e. The van der Waals surface area contributed by atoms with Crippen LogP contribution in [0, 0.1) is 11.8 Å². The lowest BCUT2D eigenvalue weighted by Crippen LogP contribution is -2.34. The van der Waals surface area contributed by atoms with Crippen LogP contribution < -0.4 is 15.2 Å². The normalized spacial score (nSPS) is 25.7. The minimum atomic E-state index is 0. The van der Waals surface area contributed by atoms with E-state index in [0.717, 1.165) is 25.9 Å². The molecule has 0 radical (unpaired) electrons. The van der Waals surface area contributed by atoms with Crippen molar-refractivity contribution in [2.45, 2.75) is 25.3 Å². The van der Waals surface area contributed by atoms with E-state index in [9.17, 15) is 4.79 Å². The quantitative estimate of drug-likeness (QED) is 0.891. The zero-order chi connectivity index (χ0) is 15.5. The van der Waals surface area contributed by atoms with Gasteiger partial charge >= 0.3 is 0 Å². The van der Waals surface area contributed by atoms with E-state index in [1.165, 1.54) is 0 Å². The van der Waals surface area contributed by atoms with Crippen LogP contribution in [0.15, 0.2) is 24.3 Å². The van der Waals surface area contributed by atoms with E-state index in [4.69, 9.17) is 15.2 Å². The predicted molar refractivity (Wildman–Crippen MR) is 91.1 cm³/mol. The molecule has 0 spiro atoms. The van der Waals surface area contributed by atoms with E-state index in [1.807, 2.05) is 29.2 Å². The Morgan fingerprint density at radius 1 is 1.26 bits per heavy atom. The van der Waals surface area contributed by atoms with Gasteiger partial charge < -0.3 is 20.1 Å². The average molecular weight is 341 g/mol. The maximum absolute atomic E-state index is 12.3. The summed E-state index contributed by atoms with van der Waals surface area (Å²) in [5, 5.41) is 0. The Bertz CT molecular complexity index is 540. The van der Waals surface area contributed by atoms with Gasteiger partial charge in [0.25, 0.3) is 0 Å². The average Bonchev–Trinajstić information content (AvgIpc) is 3.10. The number of rotatable bonds is 5. The van der Waals surface area contributed by atoms with Crippen molar-refractivity contribution in [2.75, 3.05) is 26.8 Å². The third-order valence-corrected chi connectivity index (χ3v) is 4.91. The van der Waals surface area contributed by atoms with Gasteiger partial charge in [0, 0.05) is 19.1 Å². The van der Waals surface area contributed by atoms with Crippen LogP contribution in [-0.4, -0.2) is 43.7 Å². The molecule has 1 amide bonds. The fourth-order valence-electron chi connectivity index (χ4n) is 3.66. The lowest BCUT2D eigenvalue weighted by atomic mass is 9.98. The molecule has 0 bridgehead atoms. The number of carbonyl (C=O) groups is 1. The van der Waals surface area contributed by atoms with Crippen molar-refractivity contribution in [3.63, 3.8) is 0 Å². The number of para-hydroxylation sites is 2. The van der Waals surface area contributed by atoms with Gasteiger partial charge in [0.1, 0.15) is 0 Å². The Balaban J connectivity index is 0.00000192. The first-order valence-electron chi connectivity index (χ1n) is 7.98. The molecule has 1 aromatic rings. The third-order valence-electron chi connectivity index (χ3n) is 4.91. The van der Waals surface area contributed by atoms with E-state index < -0.39 is 0 Å². The van der Waals surface area contributed by atoms with Crippen LogP contribution in [0.1, 0.15) is 19.3 Å². The number of fused-ring (bicyclic) bond motifs is 1. The van der Waals surface area contributed by atoms with Crippen LogP contribution in [0.5, 0.6) is 11.5 Å². The molecule has 2 N–H and O–H groups in total. The Morgan fingerprint density at radius 2 is 2.00 bits per heavy atom. The van der Waals surface area contributed by atoms with Crippen LogP contribution in [-0.2, 0) is 4.79 Å². The van der Waals surface area contributed by atoms with Crippen LogP contribution in [0.3, 0.4) is 0 Å². The lowest BCUT2D eigenvalue weighted by molar-refractivity contribution is -0.131. The lowest BCUT2D eigenvalue weighted by Gasteiger charge is -2.19. The molecule has 6 heteroatoms. The molecule has 1 aliphatic carbocycles. The summed E-state index contributed by atoms with van der Waals surface area (Å²) in [5.41, 5.74) is 6.11. The number of nitrogens with two attached hydrogens (primary N) is 1. The first-order valence-corrected chi connectivity index (χ1v) is 7.98. The van der Waals surface area contributed by atoms with Crippen molar-refractivity contribution in [1.29, 1.82) is 0 Å². The van der Waals surface area contributed by atoms with Gasteiger partial charge in [0.15, 0.2) is 11.5 Å². The molecule has 128 valence electrons. The molecule has 1 aliphatic heterocycles. The molecule has 1 heterocycles. The van der Waals surface area contributed by atoms with Crippen molar-refractivity contribution in [3.8, 4) is 11.5 Å². The molecular weight excluding hydrogens is 316 g/mol. The summed E-state index contributed by atoms with van der Waals surface area (Å²) in [6, 6.07) is 7.75. The van der Waals surface area contributed by atoms with Crippen molar-refractivity contribution in [1.82, 2.24) is 4.90 Å². The number of hydrogen-bond acceptors (Lipinski definition) is 4. The summed E-state index contributed by atoms with van der Waals surface area (Å²) >= 11 is 0. The second kappa shape index (κ2) is 7.88. The highest BCUT2D eigenvalue weighted by Gasteiger charge is 2.42. The first-order chi connectivity index (χ1) is 10.7. The van der Waals surface area contributed by atoms with Crippen LogP contribution in [0.4, 0.5) is 0 Å². The van der Waals surface area contributed by atoms with E-state index in [1.54, 1.807) is 7.11 Å². The second-order valence-corrected chi connectivity index (χ2v) is 6.21. The predicted octanol–water partition coefficient (Wildman–Crippen LogP) is 2.08. The summed E-state index contributed by atoms with van der Waals surface area (Å²) in [5.74, 6) is 2.64. The zero-order valence-corrected chi connectivity index (χ0v) is 14.3. The van der Waals surface area contributed by atoms with E-state index >= 15 is 0 Å². The standard InChI is InChI=1S/C17H24N2O3.ClH/c1-21-15-4-2-3-5-16(15)22-9-8-17(20)19-10-12-6-7-14(18)13(12)11-19;/h2-5,12-14H,6-11,18H2,1H3;1H. The number of benzene rings is 1. The van der Waals surface area contributed by atoms with Gasteiger partial charge in [0.05, 0.1) is 20.1 Å². The Hall–Kier alpha value is -1.46. The molecule has 3 atom stereocenters. The topological polar surface area (TPSA) is 64.8 Å². The molecule has 2 aliphatic rings. The van der Waals surface area contributed by atoms with Crippen LogP contribution >= 0.6 is 12.4 Å². The molecule has 23 heavy (non-hydrogen) atoms. The summed E-state index contributed by atoms with van der Waals surface area (Å²) in [4.78, 5) is 14.3. The van der Waals surface area contributed by atoms with Gasteiger partial charge in [0.2, 0.25) is 5.91 Å². The summed E-state index contributed by atoms with van der Waals surface area (Å²) in [6.07, 6.45) is 2.66. The van der Waals surface area contributed by atoms with Crippen molar-refractivity contribution in [2.24, 2.45) is 17.6 Å².